The molecule has 0 saturated heterocycles. The van der Waals surface area contributed by atoms with E-state index in [9.17, 15) is 4.21 Å². The Morgan fingerprint density at radius 2 is 2.05 bits per heavy atom. The summed E-state index contributed by atoms with van der Waals surface area (Å²) < 4.78 is 18.4. The highest BCUT2D eigenvalue weighted by Gasteiger charge is 2.09. The molecule has 0 amide bonds. The van der Waals surface area contributed by atoms with Crippen LogP contribution in [0, 0.1) is 0 Å². The maximum absolute atomic E-state index is 12.3. The molecule has 0 aliphatic carbocycles. The van der Waals surface area contributed by atoms with E-state index >= 15 is 0 Å². The van der Waals surface area contributed by atoms with Crippen LogP contribution in [0.1, 0.15) is 5.56 Å². The predicted octanol–water partition coefficient (Wildman–Crippen LogP) is 3.35. The Morgan fingerprint density at radius 3 is 2.74 bits per heavy atom. The van der Waals surface area contributed by atoms with Crippen LogP contribution in [0.25, 0.3) is 0 Å². The fourth-order valence-electron chi connectivity index (χ4n) is 1.67. The van der Waals surface area contributed by atoms with Gasteiger partial charge in [0.2, 0.25) is 0 Å². The lowest BCUT2D eigenvalue weighted by Gasteiger charge is -2.08. The monoisotopic (exact) mass is 339 g/mol. The number of nitrogen functional groups attached to an aromatic ring is 1. The molecule has 100 valence electrons. The number of benzene rings is 2. The average Bonchev–Trinajstić information content (AvgIpc) is 2.41. The number of methoxy groups -OCH3 is 1. The first-order valence-corrected chi connectivity index (χ1v) is 7.77. The van der Waals surface area contributed by atoms with Crippen LogP contribution in [-0.2, 0) is 16.6 Å². The lowest BCUT2D eigenvalue weighted by atomic mass is 10.2. The van der Waals surface area contributed by atoms with Crippen molar-refractivity contribution in [3.63, 3.8) is 0 Å². The predicted molar refractivity (Wildman–Crippen MR) is 81.7 cm³/mol. The van der Waals surface area contributed by atoms with Gasteiger partial charge in [-0.1, -0.05) is 22.0 Å². The summed E-state index contributed by atoms with van der Waals surface area (Å²) in [6.45, 7) is 0. The zero-order chi connectivity index (χ0) is 13.8. The quantitative estimate of drug-likeness (QED) is 0.869. The van der Waals surface area contributed by atoms with Crippen LogP contribution in [0.3, 0.4) is 0 Å². The molecular formula is C14H14BrNO2S. The number of rotatable bonds is 4. The number of anilines is 1. The van der Waals surface area contributed by atoms with Crippen LogP contribution in [0.15, 0.2) is 51.8 Å². The van der Waals surface area contributed by atoms with Crippen molar-refractivity contribution in [1.82, 2.24) is 0 Å². The first kappa shape index (κ1) is 14.1. The van der Waals surface area contributed by atoms with Crippen molar-refractivity contribution in [2.75, 3.05) is 12.8 Å². The minimum Gasteiger partial charge on any atom is -0.497 e. The molecule has 0 bridgehead atoms. The standard InChI is InChI=1S/C14H14BrNO2S/c1-18-12-5-6-14(15)10(7-12)9-19(17)13-4-2-3-11(16)8-13/h2-8H,9,16H2,1H3. The number of halogens is 1. The molecule has 0 saturated carbocycles. The molecule has 19 heavy (non-hydrogen) atoms. The molecule has 3 nitrogen and oxygen atoms in total. The van der Waals surface area contributed by atoms with Crippen molar-refractivity contribution in [3.8, 4) is 5.75 Å². The van der Waals surface area contributed by atoms with Gasteiger partial charge in [-0.05, 0) is 42.0 Å². The molecule has 2 rings (SSSR count). The van der Waals surface area contributed by atoms with E-state index in [0.29, 0.717) is 11.4 Å². The normalized spacial score (nSPS) is 12.1. The second-order valence-corrected chi connectivity index (χ2v) is 6.33. The second kappa shape index (κ2) is 6.21. The molecule has 5 heteroatoms. The Morgan fingerprint density at radius 1 is 1.26 bits per heavy atom. The molecule has 0 fully saturated rings. The Labute approximate surface area is 123 Å². The number of hydrogen-bond acceptors (Lipinski definition) is 3. The Bertz CT molecular complexity index is 616. The summed E-state index contributed by atoms with van der Waals surface area (Å²) >= 11 is 3.46. The Kier molecular flexibility index (Phi) is 4.61. The van der Waals surface area contributed by atoms with Crippen molar-refractivity contribution in [2.24, 2.45) is 0 Å². The molecule has 0 radical (unpaired) electrons. The highest BCUT2D eigenvalue weighted by Crippen LogP contribution is 2.25. The van der Waals surface area contributed by atoms with Crippen molar-refractivity contribution in [3.05, 3.63) is 52.5 Å². The summed E-state index contributed by atoms with van der Waals surface area (Å²) in [5, 5.41) is 0. The van der Waals surface area contributed by atoms with Crippen LogP contribution in [0.2, 0.25) is 0 Å². The van der Waals surface area contributed by atoms with Gasteiger partial charge in [0.05, 0.1) is 23.7 Å². The Balaban J connectivity index is 2.23. The summed E-state index contributed by atoms with van der Waals surface area (Å²) in [5.74, 6) is 1.17. The van der Waals surface area contributed by atoms with Crippen LogP contribution in [0.5, 0.6) is 5.75 Å². The fraction of sp³-hybridized carbons (Fsp3) is 0.143. The highest BCUT2D eigenvalue weighted by atomic mass is 79.9. The molecular weight excluding hydrogens is 326 g/mol. The third-order valence-corrected chi connectivity index (χ3v) is 4.79. The van der Waals surface area contributed by atoms with Gasteiger partial charge >= 0.3 is 0 Å². The third kappa shape index (κ3) is 3.58. The van der Waals surface area contributed by atoms with Gasteiger partial charge in [-0.15, -0.1) is 0 Å². The summed E-state index contributed by atoms with van der Waals surface area (Å²) in [7, 11) is 0.482. The van der Waals surface area contributed by atoms with Gasteiger partial charge in [-0.25, -0.2) is 0 Å². The van der Waals surface area contributed by atoms with E-state index in [1.165, 1.54) is 0 Å². The van der Waals surface area contributed by atoms with Gasteiger partial charge in [-0.2, -0.15) is 0 Å². The van der Waals surface area contributed by atoms with E-state index in [2.05, 4.69) is 15.9 Å². The zero-order valence-corrected chi connectivity index (χ0v) is 12.8. The van der Waals surface area contributed by atoms with Gasteiger partial charge in [0.15, 0.2) is 0 Å². The van der Waals surface area contributed by atoms with Gasteiger partial charge in [0.1, 0.15) is 5.75 Å². The van der Waals surface area contributed by atoms with Crippen molar-refractivity contribution in [2.45, 2.75) is 10.6 Å². The third-order valence-electron chi connectivity index (χ3n) is 2.66. The first-order chi connectivity index (χ1) is 9.10. The molecule has 2 aromatic carbocycles. The van der Waals surface area contributed by atoms with Crippen LogP contribution in [-0.4, -0.2) is 11.3 Å². The number of hydrogen-bond donors (Lipinski definition) is 1. The van der Waals surface area contributed by atoms with Crippen molar-refractivity contribution < 1.29 is 8.95 Å². The lowest BCUT2D eigenvalue weighted by Crippen LogP contribution is -1.99. The van der Waals surface area contributed by atoms with Crippen LogP contribution < -0.4 is 10.5 Å². The van der Waals surface area contributed by atoms with E-state index in [-0.39, 0.29) is 0 Å². The smallest absolute Gasteiger partial charge is 0.119 e. The van der Waals surface area contributed by atoms with Gasteiger partial charge in [0.25, 0.3) is 0 Å². The zero-order valence-electron chi connectivity index (χ0n) is 10.4. The van der Waals surface area contributed by atoms with E-state index < -0.39 is 10.8 Å². The molecule has 1 unspecified atom stereocenters. The minimum absolute atomic E-state index is 0.418. The summed E-state index contributed by atoms with van der Waals surface area (Å²) in [5.41, 5.74) is 7.27. The molecule has 0 aliphatic rings. The van der Waals surface area contributed by atoms with E-state index in [0.717, 1.165) is 20.7 Å². The number of ether oxygens (including phenoxy) is 1. The molecule has 2 aromatic rings. The van der Waals surface area contributed by atoms with Crippen LogP contribution >= 0.6 is 15.9 Å². The largest absolute Gasteiger partial charge is 0.497 e. The minimum atomic E-state index is -1.13. The lowest BCUT2D eigenvalue weighted by molar-refractivity contribution is 0.414. The van der Waals surface area contributed by atoms with E-state index in [1.807, 2.05) is 30.3 Å². The first-order valence-electron chi connectivity index (χ1n) is 5.66. The van der Waals surface area contributed by atoms with E-state index in [1.54, 1.807) is 19.2 Å². The molecule has 1 atom stereocenters. The SMILES string of the molecule is COc1ccc(Br)c(CS(=O)c2cccc(N)c2)c1. The summed E-state index contributed by atoms with van der Waals surface area (Å²) in [6, 6.07) is 12.8. The topological polar surface area (TPSA) is 52.3 Å². The van der Waals surface area contributed by atoms with Crippen LogP contribution in [0.4, 0.5) is 5.69 Å². The van der Waals surface area contributed by atoms with Gasteiger partial charge < -0.3 is 10.5 Å². The molecule has 0 aliphatic heterocycles. The van der Waals surface area contributed by atoms with Gasteiger partial charge in [0, 0.05) is 15.1 Å². The molecule has 2 N–H and O–H groups in total. The molecule has 0 aromatic heterocycles. The molecule has 0 spiro atoms. The van der Waals surface area contributed by atoms with Crippen molar-refractivity contribution in [1.29, 1.82) is 0 Å². The average molecular weight is 340 g/mol. The Hall–Kier alpha value is -1.33. The highest BCUT2D eigenvalue weighted by molar-refractivity contribution is 9.10. The fourth-order valence-corrected chi connectivity index (χ4v) is 3.43. The van der Waals surface area contributed by atoms with E-state index in [4.69, 9.17) is 10.5 Å². The summed E-state index contributed by atoms with van der Waals surface area (Å²) in [4.78, 5) is 0.731. The summed E-state index contributed by atoms with van der Waals surface area (Å²) in [6.07, 6.45) is 0. The molecule has 0 heterocycles. The second-order valence-electron chi connectivity index (χ2n) is 4.02. The number of nitrogens with two attached hydrogens (primary N) is 1. The maximum Gasteiger partial charge on any atom is 0.119 e. The van der Waals surface area contributed by atoms with Crippen molar-refractivity contribution >= 4 is 32.4 Å². The maximum atomic E-state index is 12.3. The van der Waals surface area contributed by atoms with Gasteiger partial charge in [-0.3, -0.25) is 4.21 Å².